The van der Waals surface area contributed by atoms with Crippen LogP contribution in [0.4, 0.5) is 0 Å². The summed E-state index contributed by atoms with van der Waals surface area (Å²) < 4.78 is 10.7. The van der Waals surface area contributed by atoms with Gasteiger partial charge < -0.3 is 24.8 Å². The summed E-state index contributed by atoms with van der Waals surface area (Å²) in [7, 11) is -0.467. The first kappa shape index (κ1) is 22.5. The predicted octanol–water partition coefficient (Wildman–Crippen LogP) is 1.47. The van der Waals surface area contributed by atoms with E-state index in [0.717, 1.165) is 12.0 Å². The van der Waals surface area contributed by atoms with Crippen molar-refractivity contribution in [3.8, 4) is 11.5 Å². The lowest BCUT2D eigenvalue weighted by atomic mass is 9.77. The van der Waals surface area contributed by atoms with E-state index in [2.05, 4.69) is 19.2 Å². The number of aldehydes is 1. The monoisotopic (exact) mass is 399 g/mol. The number of methoxy groups -OCH3 is 1. The van der Waals surface area contributed by atoms with E-state index >= 15 is 0 Å². The first-order valence-corrected chi connectivity index (χ1v) is 9.36. The maximum Gasteiger partial charge on any atom is 0.489 e. The Morgan fingerprint density at radius 1 is 1.17 bits per heavy atom. The van der Waals surface area contributed by atoms with Crippen LogP contribution in [0, 0.1) is 5.92 Å². The Morgan fingerprint density at radius 3 is 2.41 bits per heavy atom. The van der Waals surface area contributed by atoms with Crippen LogP contribution in [0.15, 0.2) is 42.5 Å². The molecule has 0 spiro atoms. The molecule has 154 valence electrons. The number of rotatable bonds is 10. The summed E-state index contributed by atoms with van der Waals surface area (Å²) in [5.41, 5.74) is 1.04. The summed E-state index contributed by atoms with van der Waals surface area (Å²) in [5, 5.41) is 21.9. The lowest BCUT2D eigenvalue weighted by molar-refractivity contribution is -0.124. The van der Waals surface area contributed by atoms with Crippen molar-refractivity contribution in [3.63, 3.8) is 0 Å². The average Bonchev–Trinajstić information content (AvgIpc) is 2.71. The largest absolute Gasteiger partial charge is 0.493 e. The van der Waals surface area contributed by atoms with Crippen molar-refractivity contribution in [1.82, 2.24) is 5.32 Å². The minimum absolute atomic E-state index is 0.0295. The fourth-order valence-electron chi connectivity index (χ4n) is 3.00. The number of carbonyl (C=O) groups is 2. The highest BCUT2D eigenvalue weighted by molar-refractivity contribution is 6.60. The highest BCUT2D eigenvalue weighted by Gasteiger charge is 2.21. The summed E-state index contributed by atoms with van der Waals surface area (Å²) in [6.45, 7) is 3.87. The van der Waals surface area contributed by atoms with Crippen molar-refractivity contribution in [1.29, 1.82) is 0 Å². The zero-order valence-corrected chi connectivity index (χ0v) is 16.8. The molecule has 0 radical (unpaired) electrons. The van der Waals surface area contributed by atoms with Crippen LogP contribution in [0.3, 0.4) is 0 Å². The lowest BCUT2D eigenvalue weighted by Gasteiger charge is -2.21. The first-order valence-electron chi connectivity index (χ1n) is 9.36. The van der Waals surface area contributed by atoms with Gasteiger partial charge in [-0.05, 0) is 35.5 Å². The van der Waals surface area contributed by atoms with Crippen LogP contribution >= 0.6 is 0 Å². The van der Waals surface area contributed by atoms with E-state index < -0.39 is 7.12 Å². The molecule has 0 aliphatic carbocycles. The number of nitrogens with one attached hydrogen (secondary N) is 1. The molecule has 1 amide bonds. The van der Waals surface area contributed by atoms with Gasteiger partial charge in [0.15, 0.2) is 18.1 Å². The van der Waals surface area contributed by atoms with E-state index in [1.807, 2.05) is 30.3 Å². The molecular formula is C21H26BNO6. The molecule has 3 N–H and O–H groups in total. The highest BCUT2D eigenvalue weighted by Crippen LogP contribution is 2.27. The summed E-state index contributed by atoms with van der Waals surface area (Å²) in [6.07, 6.45) is 1.26. The molecule has 7 nitrogen and oxygen atoms in total. The highest BCUT2D eigenvalue weighted by atomic mass is 16.5. The summed E-state index contributed by atoms with van der Waals surface area (Å²) in [5.74, 6) is 0.403. The van der Waals surface area contributed by atoms with Crippen LogP contribution in [0.2, 0.25) is 0 Å². The van der Waals surface area contributed by atoms with Crippen LogP contribution in [0.5, 0.6) is 11.5 Å². The molecule has 1 unspecified atom stereocenters. The Bertz CT molecular complexity index is 825. The Balaban J connectivity index is 2.12. The smallest absolute Gasteiger partial charge is 0.489 e. The SMILES string of the molecule is COc1cc(C=O)c(B(O)O)cc1OCC(=O)NC(CC(C)C)c1ccccc1. The average molecular weight is 399 g/mol. The third-order valence-electron chi connectivity index (χ3n) is 4.38. The topological polar surface area (TPSA) is 105 Å². The van der Waals surface area contributed by atoms with Crippen molar-refractivity contribution < 1.29 is 29.1 Å². The number of ether oxygens (including phenoxy) is 2. The van der Waals surface area contributed by atoms with Gasteiger partial charge in [-0.1, -0.05) is 44.2 Å². The molecule has 0 fully saturated rings. The van der Waals surface area contributed by atoms with Crippen molar-refractivity contribution in [2.75, 3.05) is 13.7 Å². The third kappa shape index (κ3) is 6.34. The van der Waals surface area contributed by atoms with E-state index in [-0.39, 0.29) is 41.1 Å². The van der Waals surface area contributed by atoms with Crippen molar-refractivity contribution in [2.24, 2.45) is 5.92 Å². The Kier molecular flexibility index (Phi) is 8.24. The molecule has 2 rings (SSSR count). The van der Waals surface area contributed by atoms with Crippen molar-refractivity contribution >= 4 is 24.8 Å². The molecule has 29 heavy (non-hydrogen) atoms. The summed E-state index contributed by atoms with van der Waals surface area (Å²) >= 11 is 0. The third-order valence-corrected chi connectivity index (χ3v) is 4.38. The molecule has 0 aromatic heterocycles. The van der Waals surface area contributed by atoms with Gasteiger partial charge in [0.25, 0.3) is 5.91 Å². The van der Waals surface area contributed by atoms with Gasteiger partial charge in [-0.2, -0.15) is 0 Å². The quantitative estimate of drug-likeness (QED) is 0.413. The van der Waals surface area contributed by atoms with Gasteiger partial charge in [0, 0.05) is 5.56 Å². The van der Waals surface area contributed by atoms with E-state index in [9.17, 15) is 19.6 Å². The maximum absolute atomic E-state index is 12.5. The van der Waals surface area contributed by atoms with E-state index in [0.29, 0.717) is 12.2 Å². The molecule has 0 aliphatic rings. The standard InChI is InChI=1S/C21H26BNO6/c1-14(2)9-18(15-7-5-4-6-8-15)23-21(25)13-29-20-11-17(22(26)27)16(12-24)10-19(20)28-3/h4-8,10-12,14,18,26-27H,9,13H2,1-3H3,(H,23,25). The van der Waals surface area contributed by atoms with Gasteiger partial charge in [-0.3, -0.25) is 9.59 Å². The van der Waals surface area contributed by atoms with E-state index in [1.165, 1.54) is 19.2 Å². The zero-order chi connectivity index (χ0) is 21.4. The number of benzene rings is 2. The van der Waals surface area contributed by atoms with Gasteiger partial charge in [0.1, 0.15) is 6.29 Å². The molecular weight excluding hydrogens is 373 g/mol. The molecule has 0 bridgehead atoms. The molecule has 2 aromatic rings. The number of hydrogen-bond acceptors (Lipinski definition) is 6. The molecule has 0 heterocycles. The number of carbonyl (C=O) groups excluding carboxylic acids is 2. The Morgan fingerprint density at radius 2 is 1.86 bits per heavy atom. The lowest BCUT2D eigenvalue weighted by Crippen LogP contribution is -2.35. The normalized spacial score (nSPS) is 11.7. The predicted molar refractivity (Wildman–Crippen MR) is 110 cm³/mol. The van der Waals surface area contributed by atoms with Gasteiger partial charge in [0.05, 0.1) is 13.2 Å². The Hall–Kier alpha value is -2.84. The van der Waals surface area contributed by atoms with Crippen molar-refractivity contribution in [2.45, 2.75) is 26.3 Å². The summed E-state index contributed by atoms with van der Waals surface area (Å²) in [6, 6.07) is 12.2. The molecule has 0 aliphatic heterocycles. The van der Waals surface area contributed by atoms with Gasteiger partial charge in [0.2, 0.25) is 0 Å². The second-order valence-electron chi connectivity index (χ2n) is 7.07. The molecule has 2 aromatic carbocycles. The second-order valence-corrected chi connectivity index (χ2v) is 7.07. The molecule has 8 heteroatoms. The molecule has 0 saturated heterocycles. The van der Waals surface area contributed by atoms with Gasteiger partial charge >= 0.3 is 7.12 Å². The van der Waals surface area contributed by atoms with Crippen LogP contribution in [0.25, 0.3) is 0 Å². The fourth-order valence-corrected chi connectivity index (χ4v) is 3.00. The van der Waals surface area contributed by atoms with Crippen molar-refractivity contribution in [3.05, 3.63) is 53.6 Å². The maximum atomic E-state index is 12.5. The minimum Gasteiger partial charge on any atom is -0.493 e. The number of amides is 1. The summed E-state index contributed by atoms with van der Waals surface area (Å²) in [4.78, 5) is 23.6. The Labute approximate surface area is 170 Å². The van der Waals surface area contributed by atoms with Crippen LogP contribution in [0.1, 0.15) is 42.2 Å². The first-order chi connectivity index (χ1) is 13.8. The van der Waals surface area contributed by atoms with E-state index in [4.69, 9.17) is 9.47 Å². The van der Waals surface area contributed by atoms with Gasteiger partial charge in [-0.25, -0.2) is 0 Å². The molecule has 0 saturated carbocycles. The minimum atomic E-state index is -1.86. The number of hydrogen-bond donors (Lipinski definition) is 3. The van der Waals surface area contributed by atoms with Crippen LogP contribution < -0.4 is 20.3 Å². The van der Waals surface area contributed by atoms with E-state index in [1.54, 1.807) is 0 Å². The van der Waals surface area contributed by atoms with Crippen LogP contribution in [-0.2, 0) is 4.79 Å². The zero-order valence-electron chi connectivity index (χ0n) is 16.8. The van der Waals surface area contributed by atoms with Crippen LogP contribution in [-0.4, -0.2) is 43.1 Å². The molecule has 1 atom stereocenters. The van der Waals surface area contributed by atoms with Gasteiger partial charge in [-0.15, -0.1) is 0 Å². The fraction of sp³-hybridized carbons (Fsp3) is 0.333. The second kappa shape index (κ2) is 10.6.